The highest BCUT2D eigenvalue weighted by Gasteiger charge is 2.00. The van der Waals surface area contributed by atoms with Gasteiger partial charge in [0.2, 0.25) is 0 Å². The van der Waals surface area contributed by atoms with Crippen LogP contribution in [-0.2, 0) is 6.54 Å². The number of nitrogens with zero attached hydrogens (tertiary/aromatic N) is 3. The summed E-state index contributed by atoms with van der Waals surface area (Å²) in [5.41, 5.74) is 0.935. The number of fused-ring (bicyclic) bond motifs is 1. The van der Waals surface area contributed by atoms with Crippen molar-refractivity contribution in [2.75, 3.05) is 5.32 Å². The zero-order valence-electron chi connectivity index (χ0n) is 8.59. The molecule has 5 heteroatoms. The summed E-state index contributed by atoms with van der Waals surface area (Å²) in [7, 11) is 0. The van der Waals surface area contributed by atoms with Gasteiger partial charge >= 0.3 is 0 Å². The van der Waals surface area contributed by atoms with Crippen LogP contribution in [0.1, 0.15) is 5.82 Å². The predicted molar refractivity (Wildman–Crippen MR) is 61.1 cm³/mol. The third kappa shape index (κ3) is 1.52. The van der Waals surface area contributed by atoms with Crippen LogP contribution in [0, 0.1) is 0 Å². The number of nitrogens with one attached hydrogen (secondary N) is 2. The summed E-state index contributed by atoms with van der Waals surface area (Å²) in [5.74, 6) is 1.92. The van der Waals surface area contributed by atoms with Gasteiger partial charge < -0.3 is 10.3 Å². The first-order valence-corrected chi connectivity index (χ1v) is 5.08. The summed E-state index contributed by atoms with van der Waals surface area (Å²) in [5, 5.41) is 3.31. The molecule has 2 N–H and O–H groups in total. The first kappa shape index (κ1) is 8.96. The zero-order chi connectivity index (χ0) is 10.8. The molecule has 0 bridgehead atoms. The van der Waals surface area contributed by atoms with E-state index < -0.39 is 0 Å². The van der Waals surface area contributed by atoms with Crippen LogP contribution in [0.15, 0.2) is 43.0 Å². The van der Waals surface area contributed by atoms with E-state index in [1.807, 2.05) is 35.0 Å². The van der Waals surface area contributed by atoms with Crippen LogP contribution in [0.25, 0.3) is 5.65 Å². The number of H-pyrrole nitrogens is 1. The summed E-state index contributed by atoms with van der Waals surface area (Å²) in [4.78, 5) is 11.4. The largest absolute Gasteiger partial charge is 0.364 e. The number of anilines is 1. The van der Waals surface area contributed by atoms with Crippen LogP contribution in [0.2, 0.25) is 0 Å². The highest BCUT2D eigenvalue weighted by Crippen LogP contribution is 2.11. The van der Waals surface area contributed by atoms with E-state index in [1.165, 1.54) is 0 Å². The van der Waals surface area contributed by atoms with Crippen LogP contribution < -0.4 is 5.32 Å². The number of hydrogen-bond donors (Lipinski definition) is 2. The van der Waals surface area contributed by atoms with Gasteiger partial charge in [-0.15, -0.1) is 0 Å². The van der Waals surface area contributed by atoms with Crippen molar-refractivity contribution in [3.05, 3.63) is 48.8 Å². The maximum absolute atomic E-state index is 4.22. The van der Waals surface area contributed by atoms with Crippen molar-refractivity contribution in [3.63, 3.8) is 0 Å². The Morgan fingerprint density at radius 3 is 3.12 bits per heavy atom. The molecule has 0 aromatic carbocycles. The zero-order valence-corrected chi connectivity index (χ0v) is 8.59. The minimum atomic E-state index is 0.671. The van der Waals surface area contributed by atoms with E-state index >= 15 is 0 Å². The van der Waals surface area contributed by atoms with Crippen LogP contribution in [0.3, 0.4) is 0 Å². The summed E-state index contributed by atoms with van der Waals surface area (Å²) in [6, 6.07) is 5.96. The van der Waals surface area contributed by atoms with E-state index in [1.54, 1.807) is 12.4 Å². The van der Waals surface area contributed by atoms with Crippen LogP contribution in [-0.4, -0.2) is 19.4 Å². The minimum absolute atomic E-state index is 0.671. The van der Waals surface area contributed by atoms with Gasteiger partial charge in [-0.05, 0) is 12.1 Å². The molecule has 0 aliphatic rings. The van der Waals surface area contributed by atoms with Gasteiger partial charge in [-0.3, -0.25) is 4.40 Å². The van der Waals surface area contributed by atoms with Gasteiger partial charge in [-0.25, -0.2) is 9.97 Å². The van der Waals surface area contributed by atoms with Crippen molar-refractivity contribution in [2.24, 2.45) is 0 Å². The Morgan fingerprint density at radius 2 is 2.25 bits per heavy atom. The van der Waals surface area contributed by atoms with E-state index in [4.69, 9.17) is 0 Å². The number of rotatable bonds is 3. The second-order valence-electron chi connectivity index (χ2n) is 3.46. The third-order valence-electron chi connectivity index (χ3n) is 2.42. The number of aromatic amines is 1. The quantitative estimate of drug-likeness (QED) is 0.695. The SMILES string of the molecule is c1cc(NCc2ncc[nH]2)n2ccnc2c1. The molecular weight excluding hydrogens is 202 g/mol. The van der Waals surface area contributed by atoms with Crippen LogP contribution >= 0.6 is 0 Å². The Bertz CT molecular complexity index is 581. The molecule has 3 rings (SSSR count). The fraction of sp³-hybridized carbons (Fsp3) is 0.0909. The Hall–Kier alpha value is -2.30. The van der Waals surface area contributed by atoms with Gasteiger partial charge in [0, 0.05) is 24.8 Å². The lowest BCUT2D eigenvalue weighted by Crippen LogP contribution is -2.04. The Balaban J connectivity index is 1.86. The molecule has 80 valence electrons. The maximum atomic E-state index is 4.22. The molecular formula is C11H11N5. The fourth-order valence-corrected chi connectivity index (χ4v) is 1.66. The number of imidazole rings is 2. The van der Waals surface area contributed by atoms with Gasteiger partial charge in [0.05, 0.1) is 6.54 Å². The highest BCUT2D eigenvalue weighted by molar-refractivity contribution is 5.49. The first-order chi connectivity index (χ1) is 7.93. The molecule has 0 aliphatic heterocycles. The molecule has 0 saturated heterocycles. The van der Waals surface area contributed by atoms with Crippen molar-refractivity contribution >= 4 is 11.5 Å². The number of aromatic nitrogens is 4. The molecule has 0 radical (unpaired) electrons. The van der Waals surface area contributed by atoms with E-state index in [0.29, 0.717) is 6.54 Å². The van der Waals surface area contributed by atoms with E-state index in [-0.39, 0.29) is 0 Å². The predicted octanol–water partition coefficient (Wildman–Crippen LogP) is 1.67. The lowest BCUT2D eigenvalue weighted by Gasteiger charge is -2.06. The lowest BCUT2D eigenvalue weighted by molar-refractivity contribution is 0.978. The van der Waals surface area contributed by atoms with Crippen molar-refractivity contribution < 1.29 is 0 Å². The van der Waals surface area contributed by atoms with Crippen molar-refractivity contribution in [2.45, 2.75) is 6.54 Å². The summed E-state index contributed by atoms with van der Waals surface area (Å²) in [6.45, 7) is 0.671. The lowest BCUT2D eigenvalue weighted by atomic mass is 10.4. The van der Waals surface area contributed by atoms with Gasteiger partial charge in [-0.2, -0.15) is 0 Å². The van der Waals surface area contributed by atoms with Gasteiger partial charge in [0.1, 0.15) is 17.3 Å². The molecule has 5 nitrogen and oxygen atoms in total. The minimum Gasteiger partial charge on any atom is -0.364 e. The average Bonchev–Trinajstić information content (AvgIpc) is 2.97. The number of hydrogen-bond acceptors (Lipinski definition) is 3. The Kier molecular flexibility index (Phi) is 2.07. The fourth-order valence-electron chi connectivity index (χ4n) is 1.66. The Labute approximate surface area is 92.2 Å². The summed E-state index contributed by atoms with van der Waals surface area (Å²) >= 11 is 0. The van der Waals surface area contributed by atoms with Crippen LogP contribution in [0.5, 0.6) is 0 Å². The highest BCUT2D eigenvalue weighted by atomic mass is 15.1. The smallest absolute Gasteiger partial charge is 0.138 e. The van der Waals surface area contributed by atoms with Gasteiger partial charge in [0.25, 0.3) is 0 Å². The van der Waals surface area contributed by atoms with E-state index in [9.17, 15) is 0 Å². The molecule has 16 heavy (non-hydrogen) atoms. The first-order valence-electron chi connectivity index (χ1n) is 5.08. The van der Waals surface area contributed by atoms with E-state index in [0.717, 1.165) is 17.3 Å². The second-order valence-corrected chi connectivity index (χ2v) is 3.46. The summed E-state index contributed by atoms with van der Waals surface area (Å²) < 4.78 is 2.00. The van der Waals surface area contributed by atoms with Crippen molar-refractivity contribution in [3.8, 4) is 0 Å². The molecule has 3 heterocycles. The normalized spacial score (nSPS) is 10.8. The Morgan fingerprint density at radius 1 is 1.25 bits per heavy atom. The van der Waals surface area contributed by atoms with Gasteiger partial charge in [0.15, 0.2) is 0 Å². The molecule has 3 aromatic rings. The van der Waals surface area contributed by atoms with Crippen LogP contribution in [0.4, 0.5) is 5.82 Å². The maximum Gasteiger partial charge on any atom is 0.138 e. The molecule has 3 aromatic heterocycles. The topological polar surface area (TPSA) is 58.0 Å². The number of pyridine rings is 1. The molecule has 0 amide bonds. The third-order valence-corrected chi connectivity index (χ3v) is 2.42. The standard InChI is InChI=1S/C11H11N5/c1-2-10-14-6-7-16(10)11(3-1)15-8-9-12-4-5-13-9/h1-7,15H,8H2,(H,12,13). The molecule has 0 saturated carbocycles. The van der Waals surface area contributed by atoms with Crippen molar-refractivity contribution in [1.29, 1.82) is 0 Å². The monoisotopic (exact) mass is 213 g/mol. The van der Waals surface area contributed by atoms with Crippen molar-refractivity contribution in [1.82, 2.24) is 19.4 Å². The molecule has 0 unspecified atom stereocenters. The molecule has 0 atom stereocenters. The molecule has 0 spiro atoms. The molecule has 0 aliphatic carbocycles. The second kappa shape index (κ2) is 3.69. The van der Waals surface area contributed by atoms with Gasteiger partial charge in [-0.1, -0.05) is 6.07 Å². The average molecular weight is 213 g/mol. The summed E-state index contributed by atoms with van der Waals surface area (Å²) in [6.07, 6.45) is 7.27. The van der Waals surface area contributed by atoms with E-state index in [2.05, 4.69) is 20.3 Å². The molecule has 0 fully saturated rings.